The minimum atomic E-state index is 0.731. The standard InChI is InChI=1S/C10H7BrN4/c11-7-2-1-3-8(4-7)15-5-9-10(14-15)13-6-12-9/h1-6H,(H,12,13,14). The number of fused-ring (bicyclic) bond motifs is 1. The van der Waals surface area contributed by atoms with Gasteiger partial charge in [0.05, 0.1) is 18.2 Å². The van der Waals surface area contributed by atoms with Gasteiger partial charge in [0, 0.05) is 4.47 Å². The molecule has 2 aromatic heterocycles. The Kier molecular flexibility index (Phi) is 1.85. The number of H-pyrrole nitrogens is 1. The van der Waals surface area contributed by atoms with Crippen LogP contribution in [0.3, 0.4) is 0 Å². The minimum absolute atomic E-state index is 0.731. The van der Waals surface area contributed by atoms with E-state index in [2.05, 4.69) is 31.0 Å². The van der Waals surface area contributed by atoms with Crippen LogP contribution in [0.15, 0.2) is 41.3 Å². The lowest BCUT2D eigenvalue weighted by molar-refractivity contribution is 0.886. The van der Waals surface area contributed by atoms with E-state index < -0.39 is 0 Å². The lowest BCUT2D eigenvalue weighted by atomic mass is 10.3. The molecule has 3 rings (SSSR count). The maximum atomic E-state index is 4.34. The Morgan fingerprint density at radius 2 is 2.27 bits per heavy atom. The van der Waals surface area contributed by atoms with Gasteiger partial charge in [0.25, 0.3) is 0 Å². The van der Waals surface area contributed by atoms with Crippen LogP contribution in [-0.4, -0.2) is 19.7 Å². The molecule has 0 bridgehead atoms. The van der Waals surface area contributed by atoms with Gasteiger partial charge in [-0.15, -0.1) is 5.10 Å². The lowest BCUT2D eigenvalue weighted by Gasteiger charge is -2.00. The summed E-state index contributed by atoms with van der Waals surface area (Å²) in [5, 5.41) is 4.34. The fourth-order valence-corrected chi connectivity index (χ4v) is 1.86. The molecular weight excluding hydrogens is 256 g/mol. The molecule has 0 aliphatic rings. The van der Waals surface area contributed by atoms with Gasteiger partial charge in [-0.1, -0.05) is 22.0 Å². The molecule has 0 radical (unpaired) electrons. The smallest absolute Gasteiger partial charge is 0.199 e. The van der Waals surface area contributed by atoms with E-state index in [1.807, 2.05) is 30.5 Å². The maximum absolute atomic E-state index is 4.34. The molecule has 0 saturated carbocycles. The summed E-state index contributed by atoms with van der Waals surface area (Å²) in [7, 11) is 0. The summed E-state index contributed by atoms with van der Waals surface area (Å²) in [6.45, 7) is 0. The van der Waals surface area contributed by atoms with Crippen LogP contribution in [0.5, 0.6) is 0 Å². The molecule has 0 spiro atoms. The highest BCUT2D eigenvalue weighted by Crippen LogP contribution is 2.16. The molecule has 0 saturated heterocycles. The third kappa shape index (κ3) is 1.45. The molecule has 4 nitrogen and oxygen atoms in total. The summed E-state index contributed by atoms with van der Waals surface area (Å²) in [6, 6.07) is 7.96. The summed E-state index contributed by atoms with van der Waals surface area (Å²) in [5.41, 5.74) is 2.68. The van der Waals surface area contributed by atoms with Gasteiger partial charge >= 0.3 is 0 Å². The molecule has 0 unspecified atom stereocenters. The van der Waals surface area contributed by atoms with Gasteiger partial charge in [0.15, 0.2) is 5.65 Å². The van der Waals surface area contributed by atoms with E-state index in [1.54, 1.807) is 11.0 Å². The summed E-state index contributed by atoms with van der Waals surface area (Å²) in [4.78, 5) is 7.11. The van der Waals surface area contributed by atoms with Gasteiger partial charge in [-0.25, -0.2) is 9.67 Å². The Balaban J connectivity index is 2.17. The Hall–Kier alpha value is -1.62. The average molecular weight is 263 g/mol. The van der Waals surface area contributed by atoms with E-state index in [0.29, 0.717) is 0 Å². The molecule has 0 atom stereocenters. The predicted molar refractivity (Wildman–Crippen MR) is 60.9 cm³/mol. The first-order chi connectivity index (χ1) is 7.33. The van der Waals surface area contributed by atoms with Crippen molar-refractivity contribution in [3.05, 3.63) is 41.3 Å². The molecule has 5 heteroatoms. The van der Waals surface area contributed by atoms with Crippen LogP contribution in [0, 0.1) is 0 Å². The summed E-state index contributed by atoms with van der Waals surface area (Å²) >= 11 is 3.43. The van der Waals surface area contributed by atoms with Gasteiger partial charge in [0.2, 0.25) is 0 Å². The number of aromatic amines is 1. The Bertz CT molecular complexity index is 582. The van der Waals surface area contributed by atoms with Crippen molar-refractivity contribution in [3.63, 3.8) is 0 Å². The fraction of sp³-hybridized carbons (Fsp3) is 0. The summed E-state index contributed by atoms with van der Waals surface area (Å²) < 4.78 is 2.84. The first-order valence-electron chi connectivity index (χ1n) is 4.47. The third-order valence-corrected chi connectivity index (χ3v) is 2.67. The molecule has 0 aliphatic carbocycles. The van der Waals surface area contributed by atoms with Gasteiger partial charge < -0.3 is 4.98 Å². The highest BCUT2D eigenvalue weighted by atomic mass is 79.9. The zero-order valence-corrected chi connectivity index (χ0v) is 9.27. The highest BCUT2D eigenvalue weighted by molar-refractivity contribution is 9.10. The van der Waals surface area contributed by atoms with Crippen molar-refractivity contribution in [2.24, 2.45) is 0 Å². The Labute approximate surface area is 94.1 Å². The first kappa shape index (κ1) is 8.67. The van der Waals surface area contributed by atoms with Crippen molar-refractivity contribution in [2.75, 3.05) is 0 Å². The highest BCUT2D eigenvalue weighted by Gasteiger charge is 2.03. The Morgan fingerprint density at radius 1 is 1.33 bits per heavy atom. The zero-order chi connectivity index (χ0) is 10.3. The molecule has 2 heterocycles. The second-order valence-electron chi connectivity index (χ2n) is 3.19. The van der Waals surface area contributed by atoms with Crippen LogP contribution in [-0.2, 0) is 0 Å². The number of benzene rings is 1. The van der Waals surface area contributed by atoms with Gasteiger partial charge in [-0.2, -0.15) is 0 Å². The quantitative estimate of drug-likeness (QED) is 0.733. The first-order valence-corrected chi connectivity index (χ1v) is 5.27. The van der Waals surface area contributed by atoms with Crippen molar-refractivity contribution in [1.29, 1.82) is 0 Å². The van der Waals surface area contributed by atoms with Gasteiger partial charge in [-0.05, 0) is 18.2 Å². The van der Waals surface area contributed by atoms with Crippen molar-refractivity contribution in [1.82, 2.24) is 19.7 Å². The molecule has 0 amide bonds. The van der Waals surface area contributed by atoms with E-state index in [0.717, 1.165) is 21.3 Å². The molecule has 15 heavy (non-hydrogen) atoms. The number of rotatable bonds is 1. The molecule has 0 aliphatic heterocycles. The number of aromatic nitrogens is 4. The molecule has 1 aromatic carbocycles. The van der Waals surface area contributed by atoms with Crippen LogP contribution in [0.25, 0.3) is 16.9 Å². The second kappa shape index (κ2) is 3.20. The lowest BCUT2D eigenvalue weighted by Crippen LogP contribution is -1.93. The SMILES string of the molecule is Brc1cccc(-n2cc3[nH]cnc3n2)c1. The van der Waals surface area contributed by atoms with Crippen LogP contribution in [0.2, 0.25) is 0 Å². The molecule has 0 fully saturated rings. The number of nitrogens with zero attached hydrogens (tertiary/aromatic N) is 3. The number of imidazole rings is 1. The maximum Gasteiger partial charge on any atom is 0.199 e. The van der Waals surface area contributed by atoms with E-state index in [1.165, 1.54) is 0 Å². The fourth-order valence-electron chi connectivity index (χ4n) is 1.48. The van der Waals surface area contributed by atoms with Gasteiger partial charge in [0.1, 0.15) is 5.52 Å². The van der Waals surface area contributed by atoms with E-state index in [-0.39, 0.29) is 0 Å². The van der Waals surface area contributed by atoms with Crippen molar-refractivity contribution >= 4 is 27.1 Å². The largest absolute Gasteiger partial charge is 0.342 e. The Morgan fingerprint density at radius 3 is 3.07 bits per heavy atom. The summed E-state index contributed by atoms with van der Waals surface area (Å²) in [5.74, 6) is 0. The van der Waals surface area contributed by atoms with E-state index >= 15 is 0 Å². The van der Waals surface area contributed by atoms with Crippen molar-refractivity contribution < 1.29 is 0 Å². The van der Waals surface area contributed by atoms with Crippen LogP contribution in [0.1, 0.15) is 0 Å². The van der Waals surface area contributed by atoms with Crippen LogP contribution >= 0.6 is 15.9 Å². The van der Waals surface area contributed by atoms with E-state index in [4.69, 9.17) is 0 Å². The monoisotopic (exact) mass is 262 g/mol. The zero-order valence-electron chi connectivity index (χ0n) is 7.68. The number of halogens is 1. The molecule has 74 valence electrons. The number of hydrogen-bond donors (Lipinski definition) is 1. The molecule has 3 aromatic rings. The summed E-state index contributed by atoms with van der Waals surface area (Å²) in [6.07, 6.45) is 3.56. The number of hydrogen-bond acceptors (Lipinski definition) is 2. The van der Waals surface area contributed by atoms with Crippen molar-refractivity contribution in [3.8, 4) is 5.69 Å². The predicted octanol–water partition coefficient (Wildman–Crippen LogP) is 2.51. The molecular formula is C10H7BrN4. The van der Waals surface area contributed by atoms with Gasteiger partial charge in [-0.3, -0.25) is 0 Å². The van der Waals surface area contributed by atoms with Crippen LogP contribution in [0.4, 0.5) is 0 Å². The number of nitrogens with one attached hydrogen (secondary N) is 1. The molecule has 1 N–H and O–H groups in total. The third-order valence-electron chi connectivity index (χ3n) is 2.17. The second-order valence-corrected chi connectivity index (χ2v) is 4.11. The topological polar surface area (TPSA) is 46.5 Å². The van der Waals surface area contributed by atoms with Crippen molar-refractivity contribution in [2.45, 2.75) is 0 Å². The van der Waals surface area contributed by atoms with E-state index in [9.17, 15) is 0 Å². The average Bonchev–Trinajstić information content (AvgIpc) is 2.76. The minimum Gasteiger partial charge on any atom is -0.342 e. The normalized spacial score (nSPS) is 11.0. The van der Waals surface area contributed by atoms with Crippen LogP contribution < -0.4 is 0 Å².